The molecule has 0 aliphatic heterocycles. The molecule has 2 nitrogen and oxygen atoms in total. The monoisotopic (exact) mass is 268 g/mol. The van der Waals surface area contributed by atoms with Crippen LogP contribution < -0.4 is 0 Å². The highest BCUT2D eigenvalue weighted by molar-refractivity contribution is 6.18. The standard InChI is InChI=1S/C15H25ClN2/c1-3-9-15(2,12-16)11-13-8-10-18(17-13)14-6-4-5-7-14/h8,10,14H,3-7,9,11-12H2,1-2H3. The fraction of sp³-hybridized carbons (Fsp3) is 0.800. The fourth-order valence-electron chi connectivity index (χ4n) is 3.09. The molecule has 1 atom stereocenters. The van der Waals surface area contributed by atoms with E-state index >= 15 is 0 Å². The fourth-order valence-corrected chi connectivity index (χ4v) is 3.32. The predicted octanol–water partition coefficient (Wildman–Crippen LogP) is 4.59. The van der Waals surface area contributed by atoms with Gasteiger partial charge >= 0.3 is 0 Å². The van der Waals surface area contributed by atoms with Gasteiger partial charge < -0.3 is 0 Å². The zero-order valence-corrected chi connectivity index (χ0v) is 12.4. The average Bonchev–Trinajstić information content (AvgIpc) is 2.99. The van der Waals surface area contributed by atoms with Crippen molar-refractivity contribution in [3.05, 3.63) is 18.0 Å². The summed E-state index contributed by atoms with van der Waals surface area (Å²) >= 11 is 6.14. The van der Waals surface area contributed by atoms with Gasteiger partial charge in [-0.3, -0.25) is 4.68 Å². The lowest BCUT2D eigenvalue weighted by atomic mass is 9.83. The summed E-state index contributed by atoms with van der Waals surface area (Å²) in [6.45, 7) is 4.50. The molecule has 1 aromatic heterocycles. The first-order chi connectivity index (χ1) is 8.67. The van der Waals surface area contributed by atoms with Crippen molar-refractivity contribution < 1.29 is 0 Å². The van der Waals surface area contributed by atoms with Gasteiger partial charge in [0.2, 0.25) is 0 Å². The highest BCUT2D eigenvalue weighted by Crippen LogP contribution is 2.31. The molecule has 1 aliphatic carbocycles. The Kier molecular flexibility index (Phi) is 4.71. The smallest absolute Gasteiger partial charge is 0.0630 e. The first-order valence-corrected chi connectivity index (χ1v) is 7.80. The van der Waals surface area contributed by atoms with Gasteiger partial charge in [0.05, 0.1) is 11.7 Å². The molecule has 3 heteroatoms. The molecular formula is C15H25ClN2. The van der Waals surface area contributed by atoms with Crippen LogP contribution in [-0.4, -0.2) is 15.7 Å². The Balaban J connectivity index is 2.00. The Bertz CT molecular complexity index is 368. The van der Waals surface area contributed by atoms with Gasteiger partial charge in [-0.25, -0.2) is 0 Å². The molecule has 18 heavy (non-hydrogen) atoms. The zero-order chi connectivity index (χ0) is 13.0. The molecule has 0 radical (unpaired) electrons. The maximum atomic E-state index is 6.14. The topological polar surface area (TPSA) is 17.8 Å². The van der Waals surface area contributed by atoms with Crippen molar-refractivity contribution in [2.24, 2.45) is 5.41 Å². The third-order valence-corrected chi connectivity index (χ3v) is 4.79. The van der Waals surface area contributed by atoms with Crippen LogP contribution in [0.1, 0.15) is 64.1 Å². The van der Waals surface area contributed by atoms with Gasteiger partial charge in [-0.15, -0.1) is 11.6 Å². The minimum absolute atomic E-state index is 0.200. The van der Waals surface area contributed by atoms with Crippen LogP contribution in [0.5, 0.6) is 0 Å². The summed E-state index contributed by atoms with van der Waals surface area (Å²) in [6.07, 6.45) is 10.8. The largest absolute Gasteiger partial charge is 0.269 e. The zero-order valence-electron chi connectivity index (χ0n) is 11.7. The van der Waals surface area contributed by atoms with Crippen molar-refractivity contribution in [3.63, 3.8) is 0 Å². The second kappa shape index (κ2) is 6.10. The van der Waals surface area contributed by atoms with E-state index in [9.17, 15) is 0 Å². The maximum Gasteiger partial charge on any atom is 0.0630 e. The van der Waals surface area contributed by atoms with Crippen molar-refractivity contribution in [3.8, 4) is 0 Å². The third kappa shape index (κ3) is 3.28. The Morgan fingerprint density at radius 3 is 2.78 bits per heavy atom. The summed E-state index contributed by atoms with van der Waals surface area (Å²) < 4.78 is 2.18. The Labute approximate surface area is 116 Å². The van der Waals surface area contributed by atoms with Gasteiger partial charge in [-0.05, 0) is 37.2 Å². The number of hydrogen-bond acceptors (Lipinski definition) is 1. The third-order valence-electron chi connectivity index (χ3n) is 4.15. The highest BCUT2D eigenvalue weighted by atomic mass is 35.5. The maximum absolute atomic E-state index is 6.14. The van der Waals surface area contributed by atoms with E-state index in [1.807, 2.05) is 0 Å². The van der Waals surface area contributed by atoms with Gasteiger partial charge in [0.15, 0.2) is 0 Å². The minimum Gasteiger partial charge on any atom is -0.269 e. The van der Waals surface area contributed by atoms with E-state index in [1.165, 1.54) is 44.2 Å². The van der Waals surface area contributed by atoms with Gasteiger partial charge in [-0.2, -0.15) is 5.10 Å². The minimum atomic E-state index is 0.200. The van der Waals surface area contributed by atoms with E-state index in [-0.39, 0.29) is 5.41 Å². The van der Waals surface area contributed by atoms with Crippen LogP contribution in [0.25, 0.3) is 0 Å². The normalized spacial score (nSPS) is 20.2. The molecule has 1 aromatic rings. The summed E-state index contributed by atoms with van der Waals surface area (Å²) in [5.74, 6) is 0.719. The van der Waals surface area contributed by atoms with Crippen molar-refractivity contribution in [1.29, 1.82) is 0 Å². The van der Waals surface area contributed by atoms with E-state index in [0.29, 0.717) is 6.04 Å². The van der Waals surface area contributed by atoms with Gasteiger partial charge in [0.25, 0.3) is 0 Å². The lowest BCUT2D eigenvalue weighted by Crippen LogP contribution is -2.22. The lowest BCUT2D eigenvalue weighted by molar-refractivity contribution is 0.328. The molecule has 1 heterocycles. The molecule has 1 unspecified atom stereocenters. The first-order valence-electron chi connectivity index (χ1n) is 7.27. The van der Waals surface area contributed by atoms with Crippen molar-refractivity contribution in [2.75, 3.05) is 5.88 Å². The van der Waals surface area contributed by atoms with Crippen LogP contribution in [-0.2, 0) is 6.42 Å². The van der Waals surface area contributed by atoms with E-state index in [0.717, 1.165) is 12.3 Å². The number of halogens is 1. The number of hydrogen-bond donors (Lipinski definition) is 0. The van der Waals surface area contributed by atoms with E-state index in [1.54, 1.807) is 0 Å². The molecule has 0 bridgehead atoms. The molecule has 102 valence electrons. The lowest BCUT2D eigenvalue weighted by Gasteiger charge is -2.25. The van der Waals surface area contributed by atoms with Gasteiger partial charge in [0.1, 0.15) is 0 Å². The summed E-state index contributed by atoms with van der Waals surface area (Å²) in [5, 5.41) is 4.77. The highest BCUT2D eigenvalue weighted by Gasteiger charge is 2.25. The first kappa shape index (κ1) is 13.9. The molecule has 0 aromatic carbocycles. The van der Waals surface area contributed by atoms with Crippen molar-refractivity contribution >= 4 is 11.6 Å². The number of aromatic nitrogens is 2. The second-order valence-electron chi connectivity index (χ2n) is 6.10. The average molecular weight is 269 g/mol. The van der Waals surface area contributed by atoms with Crippen molar-refractivity contribution in [2.45, 2.75) is 64.8 Å². The van der Waals surface area contributed by atoms with Gasteiger partial charge in [0, 0.05) is 12.1 Å². The van der Waals surface area contributed by atoms with Crippen LogP contribution in [0.2, 0.25) is 0 Å². The Morgan fingerprint density at radius 1 is 1.44 bits per heavy atom. The van der Waals surface area contributed by atoms with Crippen LogP contribution in [0.3, 0.4) is 0 Å². The van der Waals surface area contributed by atoms with E-state index < -0.39 is 0 Å². The predicted molar refractivity (Wildman–Crippen MR) is 77.2 cm³/mol. The summed E-state index contributed by atoms with van der Waals surface area (Å²) in [5.41, 5.74) is 1.41. The summed E-state index contributed by atoms with van der Waals surface area (Å²) in [6, 6.07) is 2.82. The molecule has 0 N–H and O–H groups in total. The van der Waals surface area contributed by atoms with Crippen LogP contribution in [0.15, 0.2) is 12.3 Å². The molecule has 1 aliphatic rings. The Hall–Kier alpha value is -0.500. The molecule has 0 amide bonds. The van der Waals surface area contributed by atoms with Crippen LogP contribution in [0, 0.1) is 5.41 Å². The molecule has 2 rings (SSSR count). The molecule has 1 saturated carbocycles. The molecule has 1 fully saturated rings. The number of nitrogens with zero attached hydrogens (tertiary/aromatic N) is 2. The SMILES string of the molecule is CCCC(C)(CCl)Cc1ccn(C2CCCC2)n1. The van der Waals surface area contributed by atoms with E-state index in [2.05, 4.69) is 30.8 Å². The van der Waals surface area contributed by atoms with Crippen LogP contribution in [0.4, 0.5) is 0 Å². The van der Waals surface area contributed by atoms with Gasteiger partial charge in [-0.1, -0.05) is 33.1 Å². The molecular weight excluding hydrogens is 244 g/mol. The van der Waals surface area contributed by atoms with Crippen LogP contribution >= 0.6 is 11.6 Å². The second-order valence-corrected chi connectivity index (χ2v) is 6.36. The number of rotatable bonds is 6. The Morgan fingerprint density at radius 2 is 2.17 bits per heavy atom. The molecule has 0 saturated heterocycles. The summed E-state index contributed by atoms with van der Waals surface area (Å²) in [7, 11) is 0. The van der Waals surface area contributed by atoms with E-state index in [4.69, 9.17) is 16.7 Å². The molecule has 0 spiro atoms. The quantitative estimate of drug-likeness (QED) is 0.690. The summed E-state index contributed by atoms with van der Waals surface area (Å²) in [4.78, 5) is 0. The van der Waals surface area contributed by atoms with Crippen molar-refractivity contribution in [1.82, 2.24) is 9.78 Å². The number of alkyl halides is 1.